The molecule has 1 amide bonds. The van der Waals surface area contributed by atoms with Crippen molar-refractivity contribution >= 4 is 11.9 Å². The van der Waals surface area contributed by atoms with Crippen LogP contribution in [0.25, 0.3) is 5.69 Å². The molecule has 1 unspecified atom stereocenters. The van der Waals surface area contributed by atoms with E-state index in [1.54, 1.807) is 6.92 Å². The number of amides is 1. The summed E-state index contributed by atoms with van der Waals surface area (Å²) >= 11 is 0. The molecule has 1 atom stereocenters. The maximum Gasteiger partial charge on any atom is 0.305 e. The standard InChI is InChI=1S/C20H17F2N3O4/c1-11-2-3-13(22)8-15(11)16(10-19(27)28)23-20(29)17-9-18(26)25(24-17)14-6-4-12(21)5-7-14/h2-9,16,24H,10H2,1H3,(H,23,29)(H,27,28). The Morgan fingerprint density at radius 1 is 1.10 bits per heavy atom. The number of nitrogens with one attached hydrogen (secondary N) is 2. The minimum Gasteiger partial charge on any atom is -0.481 e. The van der Waals surface area contributed by atoms with Gasteiger partial charge in [0, 0.05) is 6.07 Å². The average Bonchev–Trinajstić information content (AvgIpc) is 3.05. The molecule has 0 radical (unpaired) electrons. The van der Waals surface area contributed by atoms with Crippen molar-refractivity contribution in [1.29, 1.82) is 0 Å². The monoisotopic (exact) mass is 401 g/mol. The Morgan fingerprint density at radius 2 is 1.76 bits per heavy atom. The first kappa shape index (κ1) is 20.0. The summed E-state index contributed by atoms with van der Waals surface area (Å²) in [4.78, 5) is 36.0. The topological polar surface area (TPSA) is 104 Å². The van der Waals surface area contributed by atoms with E-state index in [-0.39, 0.29) is 5.69 Å². The summed E-state index contributed by atoms with van der Waals surface area (Å²) in [6.45, 7) is 1.67. The largest absolute Gasteiger partial charge is 0.481 e. The quantitative estimate of drug-likeness (QED) is 0.591. The van der Waals surface area contributed by atoms with Gasteiger partial charge in [0.1, 0.15) is 17.3 Å². The van der Waals surface area contributed by atoms with Gasteiger partial charge in [-0.3, -0.25) is 19.5 Å². The van der Waals surface area contributed by atoms with Crippen molar-refractivity contribution < 1.29 is 23.5 Å². The van der Waals surface area contributed by atoms with Crippen molar-refractivity contribution in [1.82, 2.24) is 15.1 Å². The van der Waals surface area contributed by atoms with Gasteiger partial charge >= 0.3 is 5.97 Å². The van der Waals surface area contributed by atoms with Crippen LogP contribution in [-0.2, 0) is 4.79 Å². The van der Waals surface area contributed by atoms with Gasteiger partial charge in [-0.1, -0.05) is 6.07 Å². The van der Waals surface area contributed by atoms with Crippen LogP contribution in [0.1, 0.15) is 34.1 Å². The number of carboxylic acids is 1. The van der Waals surface area contributed by atoms with Crippen molar-refractivity contribution in [3.8, 4) is 5.69 Å². The minimum absolute atomic E-state index is 0.122. The van der Waals surface area contributed by atoms with Gasteiger partial charge in [-0.2, -0.15) is 0 Å². The zero-order valence-electron chi connectivity index (χ0n) is 15.3. The molecule has 3 aromatic rings. The lowest BCUT2D eigenvalue weighted by molar-refractivity contribution is -0.137. The number of nitrogens with zero attached hydrogens (tertiary/aromatic N) is 1. The van der Waals surface area contributed by atoms with E-state index in [4.69, 9.17) is 0 Å². The number of halogens is 2. The van der Waals surface area contributed by atoms with E-state index < -0.39 is 41.5 Å². The normalized spacial score (nSPS) is 11.8. The molecule has 9 heteroatoms. The number of carboxylic acid groups (broad SMARTS) is 1. The predicted molar refractivity (Wildman–Crippen MR) is 99.9 cm³/mol. The van der Waals surface area contributed by atoms with Crippen molar-refractivity contribution in [2.75, 3.05) is 0 Å². The number of aryl methyl sites for hydroxylation is 1. The number of aromatic nitrogens is 2. The Bertz CT molecular complexity index is 1120. The summed E-state index contributed by atoms with van der Waals surface area (Å²) < 4.78 is 27.8. The van der Waals surface area contributed by atoms with Gasteiger partial charge in [-0.05, 0) is 54.4 Å². The fourth-order valence-electron chi connectivity index (χ4n) is 2.93. The molecule has 29 heavy (non-hydrogen) atoms. The molecule has 150 valence electrons. The highest BCUT2D eigenvalue weighted by Gasteiger charge is 2.22. The minimum atomic E-state index is -1.18. The molecule has 3 N–H and O–H groups in total. The zero-order chi connectivity index (χ0) is 21.1. The molecular formula is C20H17F2N3O4. The molecular weight excluding hydrogens is 384 g/mol. The first-order valence-electron chi connectivity index (χ1n) is 8.61. The number of carbonyl (C=O) groups excluding carboxylic acids is 1. The number of aromatic amines is 1. The summed E-state index contributed by atoms with van der Waals surface area (Å²) in [5.74, 6) is -2.96. The lowest BCUT2D eigenvalue weighted by Gasteiger charge is -2.19. The van der Waals surface area contributed by atoms with Crippen LogP contribution in [0.5, 0.6) is 0 Å². The number of aliphatic carboxylic acids is 1. The molecule has 1 heterocycles. The molecule has 0 fully saturated rings. The van der Waals surface area contributed by atoms with E-state index in [1.807, 2.05) is 0 Å². The molecule has 0 saturated heterocycles. The Balaban J connectivity index is 1.89. The number of benzene rings is 2. The first-order valence-corrected chi connectivity index (χ1v) is 8.61. The third kappa shape index (κ3) is 4.57. The number of rotatable bonds is 6. The van der Waals surface area contributed by atoms with Crippen LogP contribution in [-0.4, -0.2) is 26.8 Å². The van der Waals surface area contributed by atoms with Crippen LogP contribution in [0, 0.1) is 18.6 Å². The number of carbonyl (C=O) groups is 2. The second-order valence-corrected chi connectivity index (χ2v) is 6.44. The maximum absolute atomic E-state index is 13.6. The zero-order valence-corrected chi connectivity index (χ0v) is 15.3. The Hall–Kier alpha value is -3.75. The fourth-order valence-corrected chi connectivity index (χ4v) is 2.93. The second kappa shape index (κ2) is 8.09. The molecule has 0 saturated carbocycles. The van der Waals surface area contributed by atoms with Crippen molar-refractivity contribution in [2.24, 2.45) is 0 Å². The van der Waals surface area contributed by atoms with Gasteiger partial charge in [0.05, 0.1) is 18.2 Å². The van der Waals surface area contributed by atoms with E-state index >= 15 is 0 Å². The van der Waals surface area contributed by atoms with Crippen LogP contribution in [0.15, 0.2) is 53.3 Å². The molecule has 0 aliphatic carbocycles. The van der Waals surface area contributed by atoms with Crippen LogP contribution in [0.3, 0.4) is 0 Å². The summed E-state index contributed by atoms with van der Waals surface area (Å²) in [5.41, 5.74) is 0.567. The van der Waals surface area contributed by atoms with Gasteiger partial charge in [0.2, 0.25) is 0 Å². The second-order valence-electron chi connectivity index (χ2n) is 6.44. The molecule has 3 rings (SSSR count). The number of hydrogen-bond donors (Lipinski definition) is 3. The van der Waals surface area contributed by atoms with Gasteiger partial charge in [0.25, 0.3) is 11.5 Å². The van der Waals surface area contributed by atoms with E-state index in [1.165, 1.54) is 24.3 Å². The summed E-state index contributed by atoms with van der Waals surface area (Å²) in [6, 6.07) is 8.96. The highest BCUT2D eigenvalue weighted by Crippen LogP contribution is 2.22. The Kier molecular flexibility index (Phi) is 5.58. The summed E-state index contributed by atoms with van der Waals surface area (Å²) in [7, 11) is 0. The van der Waals surface area contributed by atoms with Gasteiger partial charge < -0.3 is 10.4 Å². The molecule has 0 spiro atoms. The van der Waals surface area contributed by atoms with Crippen molar-refractivity contribution in [2.45, 2.75) is 19.4 Å². The smallest absolute Gasteiger partial charge is 0.305 e. The first-order chi connectivity index (χ1) is 13.7. The predicted octanol–water partition coefficient (Wildman–Crippen LogP) is 2.70. The Morgan fingerprint density at radius 3 is 2.41 bits per heavy atom. The number of H-pyrrole nitrogens is 1. The Labute approximate surface area is 163 Å². The molecule has 0 aliphatic rings. The lowest BCUT2D eigenvalue weighted by atomic mass is 9.98. The average molecular weight is 401 g/mol. The molecule has 2 aromatic carbocycles. The highest BCUT2D eigenvalue weighted by atomic mass is 19.1. The van der Waals surface area contributed by atoms with Gasteiger partial charge in [-0.15, -0.1) is 0 Å². The molecule has 1 aromatic heterocycles. The molecule has 0 aliphatic heterocycles. The fraction of sp³-hybridized carbons (Fsp3) is 0.150. The molecule has 7 nitrogen and oxygen atoms in total. The van der Waals surface area contributed by atoms with Gasteiger partial charge in [0.15, 0.2) is 0 Å². The summed E-state index contributed by atoms with van der Waals surface area (Å²) in [5, 5.41) is 14.3. The van der Waals surface area contributed by atoms with E-state index in [9.17, 15) is 28.3 Å². The van der Waals surface area contributed by atoms with Gasteiger partial charge in [-0.25, -0.2) is 13.5 Å². The van der Waals surface area contributed by atoms with Crippen molar-refractivity contribution in [3.05, 3.63) is 87.3 Å². The molecule has 0 bridgehead atoms. The SMILES string of the molecule is Cc1ccc(F)cc1C(CC(=O)O)NC(=O)c1cc(=O)n(-c2ccc(F)cc2)[nH]1. The lowest BCUT2D eigenvalue weighted by Crippen LogP contribution is -2.31. The number of hydrogen-bond acceptors (Lipinski definition) is 3. The van der Waals surface area contributed by atoms with Crippen LogP contribution in [0.4, 0.5) is 8.78 Å². The van der Waals surface area contributed by atoms with E-state index in [0.29, 0.717) is 16.8 Å². The third-order valence-corrected chi connectivity index (χ3v) is 4.35. The maximum atomic E-state index is 13.6. The van der Waals surface area contributed by atoms with Crippen molar-refractivity contribution in [3.63, 3.8) is 0 Å². The van der Waals surface area contributed by atoms with E-state index in [2.05, 4.69) is 10.4 Å². The highest BCUT2D eigenvalue weighted by molar-refractivity contribution is 5.92. The summed E-state index contributed by atoms with van der Waals surface area (Å²) in [6.07, 6.45) is -0.473. The van der Waals surface area contributed by atoms with Crippen LogP contribution in [0.2, 0.25) is 0 Å². The van der Waals surface area contributed by atoms with Crippen LogP contribution >= 0.6 is 0 Å². The van der Waals surface area contributed by atoms with Crippen LogP contribution < -0.4 is 10.9 Å². The van der Waals surface area contributed by atoms with E-state index in [0.717, 1.165) is 28.9 Å². The third-order valence-electron chi connectivity index (χ3n) is 4.35.